The third kappa shape index (κ3) is 5.42. The number of carbonyl (C=O) groups is 1. The predicted octanol–water partition coefficient (Wildman–Crippen LogP) is 4.51. The third-order valence-electron chi connectivity index (χ3n) is 5.17. The Labute approximate surface area is 186 Å². The number of aryl methyl sites for hydroxylation is 2. The molecular formula is C22H27BrN2O4S. The summed E-state index contributed by atoms with van der Waals surface area (Å²) in [6, 6.07) is 10.2. The first-order chi connectivity index (χ1) is 14.3. The minimum absolute atomic E-state index is 0.156. The average molecular weight is 495 g/mol. The Morgan fingerprint density at radius 2 is 1.80 bits per heavy atom. The molecular weight excluding hydrogens is 468 g/mol. The van der Waals surface area contributed by atoms with Crippen molar-refractivity contribution >= 4 is 37.5 Å². The van der Waals surface area contributed by atoms with E-state index in [0.29, 0.717) is 18.8 Å². The van der Waals surface area contributed by atoms with Gasteiger partial charge in [0.1, 0.15) is 5.75 Å². The molecule has 0 spiro atoms. The van der Waals surface area contributed by atoms with Crippen molar-refractivity contribution in [2.45, 2.75) is 44.4 Å². The number of carbonyl (C=O) groups excluding carboxylic acids is 1. The van der Waals surface area contributed by atoms with Gasteiger partial charge in [0.2, 0.25) is 10.0 Å². The van der Waals surface area contributed by atoms with Crippen LogP contribution in [-0.4, -0.2) is 38.3 Å². The second-order valence-corrected chi connectivity index (χ2v) is 10.2. The molecule has 3 rings (SSSR count). The van der Waals surface area contributed by atoms with E-state index >= 15 is 0 Å². The maximum Gasteiger partial charge on any atom is 0.262 e. The van der Waals surface area contributed by atoms with Crippen molar-refractivity contribution in [3.63, 3.8) is 0 Å². The van der Waals surface area contributed by atoms with E-state index in [1.807, 2.05) is 26.0 Å². The molecule has 2 aromatic carbocycles. The second-order valence-electron chi connectivity index (χ2n) is 7.38. The van der Waals surface area contributed by atoms with Gasteiger partial charge >= 0.3 is 0 Å². The highest BCUT2D eigenvalue weighted by Crippen LogP contribution is 2.27. The molecule has 1 saturated heterocycles. The minimum atomic E-state index is -3.47. The van der Waals surface area contributed by atoms with Crippen LogP contribution in [0.5, 0.6) is 5.75 Å². The lowest BCUT2D eigenvalue weighted by atomic mass is 10.1. The molecule has 0 radical (unpaired) electrons. The predicted molar refractivity (Wildman–Crippen MR) is 121 cm³/mol. The first-order valence-corrected chi connectivity index (χ1v) is 12.4. The van der Waals surface area contributed by atoms with Gasteiger partial charge in [-0.2, -0.15) is 4.31 Å². The Kier molecular flexibility index (Phi) is 7.55. The van der Waals surface area contributed by atoms with Crippen LogP contribution >= 0.6 is 15.9 Å². The summed E-state index contributed by atoms with van der Waals surface area (Å²) >= 11 is 3.48. The van der Waals surface area contributed by atoms with E-state index in [-0.39, 0.29) is 17.4 Å². The molecule has 0 aromatic heterocycles. The maximum absolute atomic E-state index is 12.7. The summed E-state index contributed by atoms with van der Waals surface area (Å²) in [4.78, 5) is 12.6. The first-order valence-electron chi connectivity index (χ1n) is 10.1. The zero-order valence-corrected chi connectivity index (χ0v) is 19.7. The van der Waals surface area contributed by atoms with Crippen molar-refractivity contribution in [2.75, 3.05) is 25.0 Å². The SMILES string of the molecule is CCc1cc(Br)cc(C)c1NC(=O)COc1ccc(S(=O)(=O)N2CCCCC2)cc1. The summed E-state index contributed by atoms with van der Waals surface area (Å²) in [5.41, 5.74) is 2.82. The number of amides is 1. The Hall–Kier alpha value is -1.90. The fourth-order valence-corrected chi connectivity index (χ4v) is 5.69. The smallest absolute Gasteiger partial charge is 0.262 e. The molecule has 162 valence electrons. The van der Waals surface area contributed by atoms with Gasteiger partial charge in [-0.1, -0.05) is 29.3 Å². The zero-order chi connectivity index (χ0) is 21.7. The Morgan fingerprint density at radius 1 is 1.13 bits per heavy atom. The molecule has 2 aromatic rings. The molecule has 0 bridgehead atoms. The molecule has 0 atom stereocenters. The van der Waals surface area contributed by atoms with Gasteiger partial charge in [-0.15, -0.1) is 0 Å². The van der Waals surface area contributed by atoms with Gasteiger partial charge in [0.15, 0.2) is 6.61 Å². The number of hydrogen-bond acceptors (Lipinski definition) is 4. The molecule has 1 fully saturated rings. The monoisotopic (exact) mass is 494 g/mol. The number of halogens is 1. The number of anilines is 1. The van der Waals surface area contributed by atoms with Gasteiger partial charge in [-0.25, -0.2) is 8.42 Å². The van der Waals surface area contributed by atoms with E-state index in [0.717, 1.165) is 47.0 Å². The zero-order valence-electron chi connectivity index (χ0n) is 17.3. The van der Waals surface area contributed by atoms with E-state index in [1.54, 1.807) is 12.1 Å². The van der Waals surface area contributed by atoms with Crippen molar-refractivity contribution in [3.8, 4) is 5.75 Å². The summed E-state index contributed by atoms with van der Waals surface area (Å²) in [5, 5.41) is 2.92. The lowest BCUT2D eigenvalue weighted by Gasteiger charge is -2.25. The van der Waals surface area contributed by atoms with Gasteiger partial charge in [-0.05, 0) is 73.7 Å². The van der Waals surface area contributed by atoms with Crippen molar-refractivity contribution < 1.29 is 17.9 Å². The number of nitrogens with one attached hydrogen (secondary N) is 1. The van der Waals surface area contributed by atoms with Gasteiger partial charge in [0.05, 0.1) is 4.90 Å². The molecule has 0 unspecified atom stereocenters. The summed E-state index contributed by atoms with van der Waals surface area (Å²) < 4.78 is 33.5. The van der Waals surface area contributed by atoms with Crippen molar-refractivity contribution in [1.82, 2.24) is 4.31 Å². The van der Waals surface area contributed by atoms with Crippen LogP contribution in [0.3, 0.4) is 0 Å². The van der Waals surface area contributed by atoms with Gasteiger partial charge in [0, 0.05) is 23.2 Å². The molecule has 0 aliphatic carbocycles. The summed E-state index contributed by atoms with van der Waals surface area (Å²) in [6.07, 6.45) is 3.66. The maximum atomic E-state index is 12.7. The van der Waals surface area contributed by atoms with Crippen LogP contribution in [0.2, 0.25) is 0 Å². The minimum Gasteiger partial charge on any atom is -0.484 e. The molecule has 1 heterocycles. The molecule has 0 saturated carbocycles. The van der Waals surface area contributed by atoms with E-state index in [1.165, 1.54) is 16.4 Å². The van der Waals surface area contributed by atoms with Crippen LogP contribution in [-0.2, 0) is 21.2 Å². The molecule has 6 nitrogen and oxygen atoms in total. The van der Waals surface area contributed by atoms with E-state index < -0.39 is 10.0 Å². The van der Waals surface area contributed by atoms with Crippen LogP contribution in [0.4, 0.5) is 5.69 Å². The van der Waals surface area contributed by atoms with Crippen molar-refractivity contribution in [1.29, 1.82) is 0 Å². The highest BCUT2D eigenvalue weighted by molar-refractivity contribution is 9.10. The number of piperidine rings is 1. The quantitative estimate of drug-likeness (QED) is 0.614. The average Bonchev–Trinajstić information content (AvgIpc) is 2.75. The van der Waals surface area contributed by atoms with Gasteiger partial charge < -0.3 is 10.1 Å². The molecule has 1 aliphatic heterocycles. The van der Waals surface area contributed by atoms with Crippen LogP contribution < -0.4 is 10.1 Å². The number of rotatable bonds is 7. The highest BCUT2D eigenvalue weighted by atomic mass is 79.9. The van der Waals surface area contributed by atoms with Crippen molar-refractivity contribution in [2.24, 2.45) is 0 Å². The number of ether oxygens (including phenoxy) is 1. The highest BCUT2D eigenvalue weighted by Gasteiger charge is 2.25. The van der Waals surface area contributed by atoms with E-state index in [9.17, 15) is 13.2 Å². The molecule has 8 heteroatoms. The van der Waals surface area contributed by atoms with Gasteiger partial charge in [-0.3, -0.25) is 4.79 Å². The Bertz CT molecular complexity index is 1000. The van der Waals surface area contributed by atoms with Crippen LogP contribution in [0.15, 0.2) is 45.8 Å². The second kappa shape index (κ2) is 9.94. The first kappa shape index (κ1) is 22.8. The largest absolute Gasteiger partial charge is 0.484 e. The number of hydrogen-bond donors (Lipinski definition) is 1. The Morgan fingerprint density at radius 3 is 2.43 bits per heavy atom. The van der Waals surface area contributed by atoms with Crippen LogP contribution in [0.1, 0.15) is 37.3 Å². The summed E-state index contributed by atoms with van der Waals surface area (Å²) in [7, 11) is -3.47. The topological polar surface area (TPSA) is 75.7 Å². The van der Waals surface area contributed by atoms with Crippen LogP contribution in [0, 0.1) is 6.92 Å². The van der Waals surface area contributed by atoms with Crippen LogP contribution in [0.25, 0.3) is 0 Å². The molecule has 1 N–H and O–H groups in total. The lowest BCUT2D eigenvalue weighted by molar-refractivity contribution is -0.118. The number of benzene rings is 2. The van der Waals surface area contributed by atoms with E-state index in [2.05, 4.69) is 21.2 Å². The van der Waals surface area contributed by atoms with Gasteiger partial charge in [0.25, 0.3) is 5.91 Å². The fourth-order valence-electron chi connectivity index (χ4n) is 3.56. The lowest BCUT2D eigenvalue weighted by Crippen LogP contribution is -2.35. The van der Waals surface area contributed by atoms with E-state index in [4.69, 9.17) is 4.74 Å². The standard InChI is InChI=1S/C22H27BrN2O4S/c1-3-17-14-18(23)13-16(2)22(17)24-21(26)15-29-19-7-9-20(10-8-19)30(27,28)25-11-5-4-6-12-25/h7-10,13-14H,3-6,11-12,15H2,1-2H3,(H,24,26). The number of sulfonamides is 1. The molecule has 1 aliphatic rings. The molecule has 1 amide bonds. The normalized spacial score (nSPS) is 15.0. The van der Waals surface area contributed by atoms with Crippen molar-refractivity contribution in [3.05, 3.63) is 52.0 Å². The number of nitrogens with zero attached hydrogens (tertiary/aromatic N) is 1. The summed E-state index contributed by atoms with van der Waals surface area (Å²) in [5.74, 6) is 0.186. The third-order valence-corrected chi connectivity index (χ3v) is 7.54. The Balaban J connectivity index is 1.61. The summed E-state index contributed by atoms with van der Waals surface area (Å²) in [6.45, 7) is 4.96. The molecule has 30 heavy (non-hydrogen) atoms. The fraction of sp³-hybridized carbons (Fsp3) is 0.409.